The Morgan fingerprint density at radius 3 is 2.65 bits per heavy atom. The summed E-state index contributed by atoms with van der Waals surface area (Å²) in [7, 11) is 2.08. The summed E-state index contributed by atoms with van der Waals surface area (Å²) < 4.78 is 0. The topological polar surface area (TPSA) is 36.4 Å². The Kier molecular flexibility index (Phi) is 4.64. The second kappa shape index (κ2) is 6.69. The van der Waals surface area contributed by atoms with Crippen LogP contribution in [0, 0.1) is 6.92 Å². The maximum Gasteiger partial charge on any atom is 0.273 e. The number of rotatable bonds is 2. The van der Waals surface area contributed by atoms with E-state index >= 15 is 0 Å². The van der Waals surface area contributed by atoms with Crippen molar-refractivity contribution in [3.8, 4) is 0 Å². The van der Waals surface area contributed by atoms with Crippen LogP contribution in [0.4, 0.5) is 0 Å². The molecule has 0 spiro atoms. The van der Waals surface area contributed by atoms with Gasteiger partial charge in [-0.25, -0.2) is 4.98 Å². The van der Waals surface area contributed by atoms with E-state index in [2.05, 4.69) is 29.1 Å². The number of carbonyl (C=O) groups excluding carboxylic acids is 1. The van der Waals surface area contributed by atoms with E-state index in [0.717, 1.165) is 24.2 Å². The number of likely N-dealkylation sites (N-methyl/N-ethyl adjacent to an activating group) is 1. The summed E-state index contributed by atoms with van der Waals surface area (Å²) in [4.78, 5) is 21.5. The SMILES string of the molecule is Cc1ccc(Cl)nc1C(=O)N1CCN(C)CC1c1ccccc1. The molecule has 5 heteroatoms. The molecule has 1 aliphatic rings. The number of benzene rings is 1. The van der Waals surface area contributed by atoms with Crippen molar-refractivity contribution in [1.82, 2.24) is 14.8 Å². The molecule has 2 heterocycles. The number of nitrogens with zero attached hydrogens (tertiary/aromatic N) is 3. The van der Waals surface area contributed by atoms with Crippen molar-refractivity contribution in [2.45, 2.75) is 13.0 Å². The first kappa shape index (κ1) is 16.0. The first-order valence-corrected chi connectivity index (χ1v) is 8.11. The highest BCUT2D eigenvalue weighted by Gasteiger charge is 2.32. The molecule has 1 fully saturated rings. The van der Waals surface area contributed by atoms with Crippen LogP contribution in [0.25, 0.3) is 0 Å². The fourth-order valence-electron chi connectivity index (χ4n) is 2.98. The van der Waals surface area contributed by atoms with Gasteiger partial charge in [0.2, 0.25) is 0 Å². The predicted octanol–water partition coefficient (Wildman–Crippen LogP) is 3.17. The summed E-state index contributed by atoms with van der Waals surface area (Å²) in [5.74, 6) is -0.0491. The van der Waals surface area contributed by atoms with Crippen LogP contribution in [0.3, 0.4) is 0 Å². The second-order valence-electron chi connectivity index (χ2n) is 5.99. The van der Waals surface area contributed by atoms with Crippen molar-refractivity contribution in [2.24, 2.45) is 0 Å². The van der Waals surface area contributed by atoms with Gasteiger partial charge in [-0.1, -0.05) is 48.0 Å². The van der Waals surface area contributed by atoms with E-state index in [0.29, 0.717) is 17.4 Å². The minimum Gasteiger partial charge on any atom is -0.328 e. The third-order valence-electron chi connectivity index (χ3n) is 4.29. The molecule has 120 valence electrons. The molecule has 1 aromatic carbocycles. The van der Waals surface area contributed by atoms with E-state index in [1.807, 2.05) is 36.1 Å². The minimum absolute atomic E-state index is 0.0302. The fraction of sp³-hybridized carbons (Fsp3) is 0.333. The molecule has 1 aromatic heterocycles. The Morgan fingerprint density at radius 1 is 1.17 bits per heavy atom. The molecule has 4 nitrogen and oxygen atoms in total. The number of carbonyl (C=O) groups is 1. The smallest absolute Gasteiger partial charge is 0.273 e. The van der Waals surface area contributed by atoms with Gasteiger partial charge < -0.3 is 9.80 Å². The van der Waals surface area contributed by atoms with Crippen LogP contribution in [0.2, 0.25) is 5.15 Å². The average Bonchev–Trinajstić information content (AvgIpc) is 2.57. The molecule has 0 saturated carbocycles. The van der Waals surface area contributed by atoms with Crippen molar-refractivity contribution < 1.29 is 4.79 Å². The van der Waals surface area contributed by atoms with Gasteiger partial charge in [0.05, 0.1) is 6.04 Å². The standard InChI is InChI=1S/C18H20ClN3O/c1-13-8-9-16(19)20-17(13)18(23)22-11-10-21(2)12-15(22)14-6-4-3-5-7-14/h3-9,15H,10-12H2,1-2H3. The van der Waals surface area contributed by atoms with Gasteiger partial charge in [-0.15, -0.1) is 0 Å². The van der Waals surface area contributed by atoms with E-state index in [4.69, 9.17) is 11.6 Å². The van der Waals surface area contributed by atoms with Crippen LogP contribution in [-0.2, 0) is 0 Å². The van der Waals surface area contributed by atoms with Crippen LogP contribution >= 0.6 is 11.6 Å². The number of halogens is 1. The number of hydrogen-bond acceptors (Lipinski definition) is 3. The van der Waals surface area contributed by atoms with Crippen LogP contribution < -0.4 is 0 Å². The average molecular weight is 330 g/mol. The third-order valence-corrected chi connectivity index (χ3v) is 4.50. The van der Waals surface area contributed by atoms with E-state index in [-0.39, 0.29) is 11.9 Å². The second-order valence-corrected chi connectivity index (χ2v) is 6.37. The van der Waals surface area contributed by atoms with Crippen molar-refractivity contribution in [3.05, 3.63) is 64.4 Å². The van der Waals surface area contributed by atoms with Gasteiger partial charge >= 0.3 is 0 Å². The van der Waals surface area contributed by atoms with E-state index in [9.17, 15) is 4.79 Å². The Labute approximate surface area is 141 Å². The number of pyridine rings is 1. The maximum atomic E-state index is 13.0. The number of aromatic nitrogens is 1. The van der Waals surface area contributed by atoms with Crippen LogP contribution in [0.15, 0.2) is 42.5 Å². The first-order chi connectivity index (χ1) is 11.1. The molecule has 0 N–H and O–H groups in total. The minimum atomic E-state index is -0.0491. The molecule has 2 aromatic rings. The zero-order chi connectivity index (χ0) is 16.4. The Hall–Kier alpha value is -1.91. The highest BCUT2D eigenvalue weighted by Crippen LogP contribution is 2.27. The van der Waals surface area contributed by atoms with E-state index < -0.39 is 0 Å². The fourth-order valence-corrected chi connectivity index (χ4v) is 3.13. The summed E-state index contributed by atoms with van der Waals surface area (Å²) in [6.07, 6.45) is 0. The van der Waals surface area contributed by atoms with Gasteiger partial charge in [-0.2, -0.15) is 0 Å². The van der Waals surface area contributed by atoms with Gasteiger partial charge in [0.25, 0.3) is 5.91 Å². The normalized spacial score (nSPS) is 18.9. The van der Waals surface area contributed by atoms with Gasteiger partial charge in [-0.3, -0.25) is 4.79 Å². The molecule has 23 heavy (non-hydrogen) atoms. The first-order valence-electron chi connectivity index (χ1n) is 7.74. The van der Waals surface area contributed by atoms with Crippen molar-refractivity contribution >= 4 is 17.5 Å². The Morgan fingerprint density at radius 2 is 1.91 bits per heavy atom. The lowest BCUT2D eigenvalue weighted by molar-refractivity contribution is 0.0491. The van der Waals surface area contributed by atoms with Crippen LogP contribution in [-0.4, -0.2) is 47.4 Å². The molecule has 1 aliphatic heterocycles. The predicted molar refractivity (Wildman–Crippen MR) is 91.7 cm³/mol. The molecular weight excluding hydrogens is 310 g/mol. The lowest BCUT2D eigenvalue weighted by Crippen LogP contribution is -2.49. The summed E-state index contributed by atoms with van der Waals surface area (Å²) in [6, 6.07) is 13.7. The molecule has 1 saturated heterocycles. The number of hydrogen-bond donors (Lipinski definition) is 0. The summed E-state index contributed by atoms with van der Waals surface area (Å²) >= 11 is 5.99. The Balaban J connectivity index is 1.95. The monoisotopic (exact) mass is 329 g/mol. The molecule has 0 radical (unpaired) electrons. The molecule has 1 atom stereocenters. The van der Waals surface area contributed by atoms with Crippen LogP contribution in [0.1, 0.15) is 27.7 Å². The number of aryl methyl sites for hydroxylation is 1. The molecule has 3 rings (SSSR count). The van der Waals surface area contributed by atoms with Gasteiger partial charge in [0, 0.05) is 19.6 Å². The van der Waals surface area contributed by atoms with Gasteiger partial charge in [0.15, 0.2) is 0 Å². The van der Waals surface area contributed by atoms with Crippen LogP contribution in [0.5, 0.6) is 0 Å². The lowest BCUT2D eigenvalue weighted by Gasteiger charge is -2.40. The third kappa shape index (κ3) is 3.38. The molecule has 0 aliphatic carbocycles. The largest absolute Gasteiger partial charge is 0.328 e. The summed E-state index contributed by atoms with van der Waals surface area (Å²) in [5, 5.41) is 0.351. The van der Waals surface area contributed by atoms with Crippen molar-refractivity contribution in [1.29, 1.82) is 0 Å². The zero-order valence-electron chi connectivity index (χ0n) is 13.4. The van der Waals surface area contributed by atoms with E-state index in [1.54, 1.807) is 6.07 Å². The van der Waals surface area contributed by atoms with E-state index in [1.165, 1.54) is 0 Å². The summed E-state index contributed by atoms with van der Waals surface area (Å²) in [6.45, 7) is 4.25. The maximum absolute atomic E-state index is 13.0. The van der Waals surface area contributed by atoms with Gasteiger partial charge in [0.1, 0.15) is 10.8 Å². The number of amides is 1. The highest BCUT2D eigenvalue weighted by molar-refractivity contribution is 6.29. The summed E-state index contributed by atoms with van der Waals surface area (Å²) in [5.41, 5.74) is 2.44. The molecular formula is C18H20ClN3O. The quantitative estimate of drug-likeness (QED) is 0.794. The molecule has 1 unspecified atom stereocenters. The van der Waals surface area contributed by atoms with Gasteiger partial charge in [-0.05, 0) is 31.2 Å². The molecule has 1 amide bonds. The lowest BCUT2D eigenvalue weighted by atomic mass is 10.0. The Bertz CT molecular complexity index is 705. The zero-order valence-corrected chi connectivity index (χ0v) is 14.1. The van der Waals surface area contributed by atoms with Crippen molar-refractivity contribution in [3.63, 3.8) is 0 Å². The van der Waals surface area contributed by atoms with Crippen molar-refractivity contribution in [2.75, 3.05) is 26.7 Å². The number of piperazine rings is 1. The molecule has 0 bridgehead atoms. The highest BCUT2D eigenvalue weighted by atomic mass is 35.5.